The maximum atomic E-state index is 4.02. The van der Waals surface area contributed by atoms with Crippen molar-refractivity contribution in [3.8, 4) is 11.1 Å². The van der Waals surface area contributed by atoms with E-state index in [-0.39, 0.29) is 5.41 Å². The van der Waals surface area contributed by atoms with Crippen molar-refractivity contribution in [2.24, 2.45) is 0 Å². The minimum atomic E-state index is -2.90. The standard InChI is InChI=1S/C58H49NSi2/c1-58(2,3)44-36-34-43(35-37-44)53-41-52(61(48-28-16-7-17-29-48,49-30-18-8-19-31-49)50-32-20-9-21-33-50)42-55-54-40-51(38-39-56(54)59-57(53)55)60(45-22-10-4-11-23-45,46-24-12-5-13-25-46)47-26-14-6-15-27-47/h4-42,59H,1-3H3. The van der Waals surface area contributed by atoms with Crippen LogP contribution in [0.2, 0.25) is 0 Å². The first-order valence-electron chi connectivity index (χ1n) is 21.4. The molecular formula is C58H49NSi2. The monoisotopic (exact) mass is 815 g/mol. The van der Waals surface area contributed by atoms with Crippen molar-refractivity contribution < 1.29 is 0 Å². The van der Waals surface area contributed by atoms with Gasteiger partial charge in [-0.05, 0) is 64.1 Å². The molecule has 294 valence electrons. The van der Waals surface area contributed by atoms with Crippen molar-refractivity contribution in [2.75, 3.05) is 0 Å². The Bertz CT molecular complexity index is 2870. The predicted molar refractivity (Wildman–Crippen MR) is 267 cm³/mol. The highest BCUT2D eigenvalue weighted by molar-refractivity contribution is 7.20. The lowest BCUT2D eigenvalue weighted by molar-refractivity contribution is 0.590. The summed E-state index contributed by atoms with van der Waals surface area (Å²) in [5.74, 6) is 0. The van der Waals surface area contributed by atoms with E-state index in [1.807, 2.05) is 0 Å². The Kier molecular flexibility index (Phi) is 9.87. The first kappa shape index (κ1) is 38.4. The Hall–Kier alpha value is -6.79. The van der Waals surface area contributed by atoms with Crippen molar-refractivity contribution >= 4 is 79.4 Å². The van der Waals surface area contributed by atoms with E-state index in [1.165, 1.54) is 74.5 Å². The minimum Gasteiger partial charge on any atom is -0.354 e. The highest BCUT2D eigenvalue weighted by atomic mass is 28.3. The normalized spacial score (nSPS) is 12.2. The molecule has 0 radical (unpaired) electrons. The Morgan fingerprint density at radius 2 is 0.689 bits per heavy atom. The van der Waals surface area contributed by atoms with Gasteiger partial charge >= 0.3 is 0 Å². The molecule has 1 nitrogen and oxygen atoms in total. The molecular weight excluding hydrogens is 767 g/mol. The Morgan fingerprint density at radius 1 is 0.328 bits per heavy atom. The summed E-state index contributed by atoms with van der Waals surface area (Å²) in [6.07, 6.45) is 0. The number of H-pyrrole nitrogens is 1. The summed E-state index contributed by atoms with van der Waals surface area (Å²) in [7, 11) is -5.69. The average molecular weight is 816 g/mol. The van der Waals surface area contributed by atoms with E-state index in [0.717, 1.165) is 5.52 Å². The van der Waals surface area contributed by atoms with Crippen LogP contribution < -0.4 is 41.5 Å². The van der Waals surface area contributed by atoms with Gasteiger partial charge < -0.3 is 4.98 Å². The maximum absolute atomic E-state index is 4.02. The average Bonchev–Trinajstić information content (AvgIpc) is 3.69. The maximum Gasteiger partial charge on any atom is 0.179 e. The molecule has 0 saturated carbocycles. The van der Waals surface area contributed by atoms with E-state index in [9.17, 15) is 0 Å². The molecule has 1 aromatic heterocycles. The van der Waals surface area contributed by atoms with Crippen molar-refractivity contribution in [2.45, 2.75) is 26.2 Å². The minimum absolute atomic E-state index is 0.0514. The molecule has 0 aliphatic carbocycles. The lowest BCUT2D eigenvalue weighted by Crippen LogP contribution is -2.74. The van der Waals surface area contributed by atoms with Crippen LogP contribution >= 0.6 is 0 Å². The van der Waals surface area contributed by atoms with Crippen molar-refractivity contribution in [1.82, 2.24) is 4.98 Å². The molecule has 10 aromatic rings. The van der Waals surface area contributed by atoms with E-state index in [1.54, 1.807) is 0 Å². The second-order valence-corrected chi connectivity index (χ2v) is 25.0. The van der Waals surface area contributed by atoms with Crippen molar-refractivity contribution in [1.29, 1.82) is 0 Å². The van der Waals surface area contributed by atoms with E-state index in [4.69, 9.17) is 0 Å². The van der Waals surface area contributed by atoms with Crippen LogP contribution in [0.5, 0.6) is 0 Å². The first-order chi connectivity index (χ1) is 29.9. The Balaban J connectivity index is 1.34. The van der Waals surface area contributed by atoms with Gasteiger partial charge in [0.05, 0.1) is 5.52 Å². The van der Waals surface area contributed by atoms with Gasteiger partial charge in [-0.15, -0.1) is 0 Å². The lowest BCUT2D eigenvalue weighted by atomic mass is 9.86. The van der Waals surface area contributed by atoms with E-state index in [0.29, 0.717) is 0 Å². The molecule has 0 amide bonds. The SMILES string of the molecule is CC(C)(C)c1ccc(-c2cc([Si](c3ccccc3)(c3ccccc3)c3ccccc3)cc3c2[nH]c2ccc([Si](c4ccccc4)(c4ccccc4)c4ccccc4)cc23)cc1. The molecule has 0 fully saturated rings. The number of hydrogen-bond donors (Lipinski definition) is 1. The van der Waals surface area contributed by atoms with Gasteiger partial charge in [0, 0.05) is 21.9 Å². The molecule has 0 aliphatic heterocycles. The quantitative estimate of drug-likeness (QED) is 0.111. The number of rotatable bonds is 9. The summed E-state index contributed by atoms with van der Waals surface area (Å²) in [5, 5.41) is 13.4. The van der Waals surface area contributed by atoms with Crippen LogP contribution in [0.25, 0.3) is 32.9 Å². The zero-order valence-corrected chi connectivity index (χ0v) is 37.0. The summed E-state index contributed by atoms with van der Waals surface area (Å²) in [5.41, 5.74) is 6.13. The van der Waals surface area contributed by atoms with Crippen molar-refractivity contribution in [3.05, 3.63) is 242 Å². The fraction of sp³-hybridized carbons (Fsp3) is 0.0690. The van der Waals surface area contributed by atoms with Gasteiger partial charge in [0.15, 0.2) is 16.1 Å². The number of aromatic nitrogens is 1. The molecule has 61 heavy (non-hydrogen) atoms. The van der Waals surface area contributed by atoms with E-state index >= 15 is 0 Å². The van der Waals surface area contributed by atoms with Crippen LogP contribution in [0.4, 0.5) is 0 Å². The highest BCUT2D eigenvalue weighted by Gasteiger charge is 2.43. The molecule has 0 bridgehead atoms. The third-order valence-corrected chi connectivity index (χ3v) is 22.4. The summed E-state index contributed by atoms with van der Waals surface area (Å²) >= 11 is 0. The number of nitrogens with one attached hydrogen (secondary N) is 1. The number of benzene rings is 9. The molecule has 9 aromatic carbocycles. The zero-order chi connectivity index (χ0) is 41.4. The van der Waals surface area contributed by atoms with Crippen LogP contribution in [0.1, 0.15) is 26.3 Å². The number of aromatic amines is 1. The summed E-state index contributed by atoms with van der Waals surface area (Å²) in [6, 6.07) is 89.4. The van der Waals surface area contributed by atoms with Crippen LogP contribution in [0.3, 0.4) is 0 Å². The van der Waals surface area contributed by atoms with Gasteiger partial charge in [0.1, 0.15) is 0 Å². The van der Waals surface area contributed by atoms with Crippen molar-refractivity contribution in [3.63, 3.8) is 0 Å². The van der Waals surface area contributed by atoms with Gasteiger partial charge in [-0.3, -0.25) is 0 Å². The van der Waals surface area contributed by atoms with Crippen LogP contribution in [-0.2, 0) is 5.41 Å². The van der Waals surface area contributed by atoms with Gasteiger partial charge in [-0.25, -0.2) is 0 Å². The first-order valence-corrected chi connectivity index (χ1v) is 25.4. The molecule has 0 unspecified atom stereocenters. The highest BCUT2D eigenvalue weighted by Crippen LogP contribution is 2.35. The molecule has 1 heterocycles. The third-order valence-electron chi connectivity index (χ3n) is 12.9. The van der Waals surface area contributed by atoms with Crippen LogP contribution in [-0.4, -0.2) is 21.1 Å². The molecule has 0 aliphatic rings. The predicted octanol–water partition coefficient (Wildman–Crippen LogP) is 9.04. The van der Waals surface area contributed by atoms with Crippen LogP contribution in [0.15, 0.2) is 237 Å². The Labute approximate surface area is 362 Å². The summed E-state index contributed by atoms with van der Waals surface area (Å²) in [4.78, 5) is 4.02. The molecule has 10 rings (SSSR count). The largest absolute Gasteiger partial charge is 0.354 e. The van der Waals surface area contributed by atoms with Gasteiger partial charge in [0.2, 0.25) is 0 Å². The lowest BCUT2D eigenvalue weighted by Gasteiger charge is -2.35. The topological polar surface area (TPSA) is 15.8 Å². The Morgan fingerprint density at radius 3 is 1.07 bits per heavy atom. The molecule has 0 saturated heterocycles. The molecule has 0 spiro atoms. The van der Waals surface area contributed by atoms with Gasteiger partial charge in [-0.2, -0.15) is 0 Å². The van der Waals surface area contributed by atoms with Gasteiger partial charge in [-0.1, -0.05) is 251 Å². The fourth-order valence-corrected chi connectivity index (χ4v) is 19.5. The van der Waals surface area contributed by atoms with Crippen LogP contribution in [0, 0.1) is 0 Å². The molecule has 1 N–H and O–H groups in total. The summed E-state index contributed by atoms with van der Waals surface area (Å²) in [6.45, 7) is 6.87. The number of hydrogen-bond acceptors (Lipinski definition) is 0. The second kappa shape index (κ2) is 15.7. The van der Waals surface area contributed by atoms with E-state index < -0.39 is 16.1 Å². The molecule has 0 atom stereocenters. The number of fused-ring (bicyclic) bond motifs is 3. The summed E-state index contributed by atoms with van der Waals surface area (Å²) < 4.78 is 0. The third kappa shape index (κ3) is 6.53. The van der Waals surface area contributed by atoms with Gasteiger partial charge in [0.25, 0.3) is 0 Å². The van der Waals surface area contributed by atoms with E-state index in [2.05, 4.69) is 262 Å². The molecule has 3 heteroatoms. The fourth-order valence-electron chi connectivity index (χ4n) is 9.96. The second-order valence-electron chi connectivity index (χ2n) is 17.4. The smallest absolute Gasteiger partial charge is 0.179 e. The zero-order valence-electron chi connectivity index (χ0n) is 35.0.